The minimum atomic E-state index is -0.536. The molecule has 1 unspecified atom stereocenters. The molecule has 22 heavy (non-hydrogen) atoms. The molecule has 1 aliphatic rings. The van der Waals surface area contributed by atoms with Gasteiger partial charge in [0.1, 0.15) is 6.04 Å². The number of halogens is 1. The zero-order chi connectivity index (χ0) is 16.1. The summed E-state index contributed by atoms with van der Waals surface area (Å²) in [4.78, 5) is 28.6. The molecule has 0 spiro atoms. The average molecular weight is 324 g/mol. The molecule has 2 amide bonds. The maximum atomic E-state index is 12.5. The Bertz CT molecular complexity index is 533. The van der Waals surface area contributed by atoms with E-state index in [2.05, 4.69) is 17.3 Å². The van der Waals surface area contributed by atoms with Gasteiger partial charge >= 0.3 is 0 Å². The van der Waals surface area contributed by atoms with Crippen molar-refractivity contribution in [2.24, 2.45) is 0 Å². The Hall–Kier alpha value is -1.59. The van der Waals surface area contributed by atoms with E-state index in [0.29, 0.717) is 17.1 Å². The predicted octanol–water partition coefficient (Wildman–Crippen LogP) is 1.62. The molecular weight excluding hydrogens is 302 g/mol. The molecule has 2 rings (SSSR count). The second-order valence-corrected chi connectivity index (χ2v) is 6.12. The topological polar surface area (TPSA) is 52.7 Å². The first-order chi connectivity index (χ1) is 10.5. The number of benzene rings is 1. The van der Waals surface area contributed by atoms with Gasteiger partial charge in [0.2, 0.25) is 5.91 Å². The van der Waals surface area contributed by atoms with Crippen molar-refractivity contribution in [1.82, 2.24) is 15.1 Å². The third kappa shape index (κ3) is 4.45. The zero-order valence-electron chi connectivity index (χ0n) is 13.0. The van der Waals surface area contributed by atoms with Crippen molar-refractivity contribution in [3.63, 3.8) is 0 Å². The molecule has 1 fully saturated rings. The third-order valence-electron chi connectivity index (χ3n) is 3.86. The SMILES string of the molecule is CC(NC(=O)c1ccc(Cl)cc1)C(=O)N1CCCN(C)CC1. The van der Waals surface area contributed by atoms with Crippen molar-refractivity contribution in [2.75, 3.05) is 33.2 Å². The van der Waals surface area contributed by atoms with E-state index in [9.17, 15) is 9.59 Å². The first-order valence-corrected chi connectivity index (χ1v) is 7.89. The molecule has 1 aliphatic heterocycles. The van der Waals surface area contributed by atoms with Crippen LogP contribution in [0.5, 0.6) is 0 Å². The first-order valence-electron chi connectivity index (χ1n) is 7.51. The van der Waals surface area contributed by atoms with Gasteiger partial charge in [-0.3, -0.25) is 9.59 Å². The van der Waals surface area contributed by atoms with Crippen LogP contribution < -0.4 is 5.32 Å². The van der Waals surface area contributed by atoms with Gasteiger partial charge < -0.3 is 15.1 Å². The summed E-state index contributed by atoms with van der Waals surface area (Å²) in [7, 11) is 2.06. The Morgan fingerprint density at radius 1 is 1.14 bits per heavy atom. The molecule has 0 aromatic heterocycles. The fourth-order valence-electron chi connectivity index (χ4n) is 2.48. The van der Waals surface area contributed by atoms with E-state index in [-0.39, 0.29) is 11.8 Å². The van der Waals surface area contributed by atoms with E-state index in [1.807, 2.05) is 4.90 Å². The van der Waals surface area contributed by atoms with Crippen LogP contribution in [-0.2, 0) is 4.79 Å². The summed E-state index contributed by atoms with van der Waals surface area (Å²) in [6, 6.07) is 6.08. The summed E-state index contributed by atoms with van der Waals surface area (Å²) in [5.74, 6) is -0.290. The Balaban J connectivity index is 1.93. The van der Waals surface area contributed by atoms with Gasteiger partial charge in [-0.15, -0.1) is 0 Å². The monoisotopic (exact) mass is 323 g/mol. The highest BCUT2D eigenvalue weighted by Gasteiger charge is 2.23. The predicted molar refractivity (Wildman–Crippen MR) is 87.1 cm³/mol. The van der Waals surface area contributed by atoms with E-state index < -0.39 is 6.04 Å². The molecule has 1 atom stereocenters. The van der Waals surface area contributed by atoms with Gasteiger partial charge in [0.15, 0.2) is 0 Å². The van der Waals surface area contributed by atoms with Crippen LogP contribution in [0.3, 0.4) is 0 Å². The Morgan fingerprint density at radius 2 is 1.82 bits per heavy atom. The number of nitrogens with zero attached hydrogens (tertiary/aromatic N) is 2. The molecule has 120 valence electrons. The average Bonchev–Trinajstić information content (AvgIpc) is 2.71. The fraction of sp³-hybridized carbons (Fsp3) is 0.500. The van der Waals surface area contributed by atoms with Crippen molar-refractivity contribution >= 4 is 23.4 Å². The lowest BCUT2D eigenvalue weighted by atomic mass is 10.2. The van der Waals surface area contributed by atoms with E-state index in [1.165, 1.54) is 0 Å². The number of hydrogen-bond acceptors (Lipinski definition) is 3. The van der Waals surface area contributed by atoms with E-state index >= 15 is 0 Å². The largest absolute Gasteiger partial charge is 0.341 e. The number of carbonyl (C=O) groups excluding carboxylic acids is 2. The molecule has 1 aromatic carbocycles. The first kappa shape index (κ1) is 16.8. The van der Waals surface area contributed by atoms with Crippen LogP contribution in [0.2, 0.25) is 5.02 Å². The van der Waals surface area contributed by atoms with Crippen molar-refractivity contribution in [1.29, 1.82) is 0 Å². The maximum Gasteiger partial charge on any atom is 0.251 e. The Labute approximate surface area is 136 Å². The highest BCUT2D eigenvalue weighted by molar-refractivity contribution is 6.30. The number of hydrogen-bond donors (Lipinski definition) is 1. The van der Waals surface area contributed by atoms with Gasteiger partial charge in [0.05, 0.1) is 0 Å². The molecule has 0 aliphatic carbocycles. The van der Waals surface area contributed by atoms with Crippen LogP contribution in [0.1, 0.15) is 23.7 Å². The standard InChI is InChI=1S/C16H22ClN3O2/c1-12(16(22)20-9-3-8-19(2)10-11-20)18-15(21)13-4-6-14(17)7-5-13/h4-7,12H,3,8-11H2,1-2H3,(H,18,21). The lowest BCUT2D eigenvalue weighted by Crippen LogP contribution is -2.47. The third-order valence-corrected chi connectivity index (χ3v) is 4.11. The smallest absolute Gasteiger partial charge is 0.251 e. The molecule has 0 saturated carbocycles. The number of amides is 2. The van der Waals surface area contributed by atoms with E-state index in [0.717, 1.165) is 26.1 Å². The van der Waals surface area contributed by atoms with Crippen molar-refractivity contribution in [3.05, 3.63) is 34.9 Å². The van der Waals surface area contributed by atoms with Crippen LogP contribution in [0.4, 0.5) is 0 Å². The molecule has 1 heterocycles. The minimum absolute atomic E-state index is 0.0300. The lowest BCUT2D eigenvalue weighted by molar-refractivity contribution is -0.132. The fourth-order valence-corrected chi connectivity index (χ4v) is 2.61. The molecule has 5 nitrogen and oxygen atoms in total. The van der Waals surface area contributed by atoms with Gasteiger partial charge in [-0.05, 0) is 51.2 Å². The van der Waals surface area contributed by atoms with Crippen LogP contribution in [0.15, 0.2) is 24.3 Å². The normalized spacial score (nSPS) is 17.7. The van der Waals surface area contributed by atoms with Gasteiger partial charge in [0.25, 0.3) is 5.91 Å². The van der Waals surface area contributed by atoms with Gasteiger partial charge in [-0.2, -0.15) is 0 Å². The molecule has 1 N–H and O–H groups in total. The summed E-state index contributed by atoms with van der Waals surface area (Å²) in [5.41, 5.74) is 0.500. The Morgan fingerprint density at radius 3 is 2.50 bits per heavy atom. The molecule has 6 heteroatoms. The highest BCUT2D eigenvalue weighted by atomic mass is 35.5. The maximum absolute atomic E-state index is 12.5. The highest BCUT2D eigenvalue weighted by Crippen LogP contribution is 2.10. The van der Waals surface area contributed by atoms with Crippen LogP contribution >= 0.6 is 11.6 Å². The summed E-state index contributed by atoms with van der Waals surface area (Å²) in [6.07, 6.45) is 0.958. The molecule has 1 aromatic rings. The van der Waals surface area contributed by atoms with Crippen molar-refractivity contribution < 1.29 is 9.59 Å². The minimum Gasteiger partial charge on any atom is -0.341 e. The van der Waals surface area contributed by atoms with Gasteiger partial charge in [0, 0.05) is 30.2 Å². The zero-order valence-corrected chi connectivity index (χ0v) is 13.8. The summed E-state index contributed by atoms with van der Waals surface area (Å²) >= 11 is 5.80. The molecule has 0 radical (unpaired) electrons. The Kier molecular flexibility index (Phi) is 5.80. The summed E-state index contributed by atoms with van der Waals surface area (Å²) in [6.45, 7) is 5.03. The van der Waals surface area contributed by atoms with Crippen LogP contribution in [0.25, 0.3) is 0 Å². The second kappa shape index (κ2) is 7.61. The van der Waals surface area contributed by atoms with Crippen molar-refractivity contribution in [2.45, 2.75) is 19.4 Å². The van der Waals surface area contributed by atoms with Gasteiger partial charge in [-0.25, -0.2) is 0 Å². The molecule has 0 bridgehead atoms. The summed E-state index contributed by atoms with van der Waals surface area (Å²) in [5, 5.41) is 3.34. The number of rotatable bonds is 3. The van der Waals surface area contributed by atoms with Crippen molar-refractivity contribution in [3.8, 4) is 0 Å². The van der Waals surface area contributed by atoms with E-state index in [4.69, 9.17) is 11.6 Å². The molecular formula is C16H22ClN3O2. The van der Waals surface area contributed by atoms with Crippen LogP contribution in [-0.4, -0.2) is 60.9 Å². The number of nitrogens with one attached hydrogen (secondary N) is 1. The lowest BCUT2D eigenvalue weighted by Gasteiger charge is -2.24. The number of likely N-dealkylation sites (N-methyl/N-ethyl adjacent to an activating group) is 1. The molecule has 1 saturated heterocycles. The van der Waals surface area contributed by atoms with E-state index in [1.54, 1.807) is 31.2 Å². The van der Waals surface area contributed by atoms with Gasteiger partial charge in [-0.1, -0.05) is 11.6 Å². The number of carbonyl (C=O) groups is 2. The summed E-state index contributed by atoms with van der Waals surface area (Å²) < 4.78 is 0. The second-order valence-electron chi connectivity index (χ2n) is 5.68. The quantitative estimate of drug-likeness (QED) is 0.919. The van der Waals surface area contributed by atoms with Crippen LogP contribution in [0, 0.1) is 0 Å².